The minimum absolute atomic E-state index is 0.184. The summed E-state index contributed by atoms with van der Waals surface area (Å²) in [6.45, 7) is 0. The quantitative estimate of drug-likeness (QED) is 0.428. The van der Waals surface area contributed by atoms with Gasteiger partial charge in [0.05, 0.1) is 6.20 Å². The number of aromatic amines is 1. The highest BCUT2D eigenvalue weighted by atomic mass is 16.2. The molecule has 1 aromatic heterocycles. The second-order valence-electron chi connectivity index (χ2n) is 6.83. The van der Waals surface area contributed by atoms with Gasteiger partial charge < -0.3 is 0 Å². The van der Waals surface area contributed by atoms with Crippen molar-refractivity contribution in [3.05, 3.63) is 17.5 Å². The van der Waals surface area contributed by atoms with Crippen molar-refractivity contribution in [3.8, 4) is 0 Å². The standard InChI is InChI=1S/C14H20N4O/c15-17-13(19)12-11(7-16-18-12)14-4-8-1-9(5-14)3-10(2-8)6-14/h7-10H,1-6,15H2,(H,16,18)(H,17,19). The second kappa shape index (κ2) is 3.82. The molecule has 0 atom stereocenters. The summed E-state index contributed by atoms with van der Waals surface area (Å²) in [6.07, 6.45) is 9.73. The summed E-state index contributed by atoms with van der Waals surface area (Å²) in [5.41, 5.74) is 4.09. The third-order valence-corrected chi connectivity index (χ3v) is 5.61. The van der Waals surface area contributed by atoms with E-state index in [2.05, 4.69) is 15.6 Å². The molecule has 5 heteroatoms. The van der Waals surface area contributed by atoms with Crippen molar-refractivity contribution >= 4 is 5.91 Å². The Hall–Kier alpha value is -1.36. The fourth-order valence-corrected chi connectivity index (χ4v) is 5.37. The van der Waals surface area contributed by atoms with Crippen molar-refractivity contribution in [2.45, 2.75) is 43.9 Å². The van der Waals surface area contributed by atoms with Gasteiger partial charge in [0.15, 0.2) is 0 Å². The van der Waals surface area contributed by atoms with Crippen LogP contribution in [0.1, 0.15) is 54.6 Å². The smallest absolute Gasteiger partial charge is 0.283 e. The van der Waals surface area contributed by atoms with E-state index in [4.69, 9.17) is 5.84 Å². The van der Waals surface area contributed by atoms with Crippen LogP contribution in [0, 0.1) is 17.8 Å². The summed E-state index contributed by atoms with van der Waals surface area (Å²) in [5.74, 6) is 7.60. The van der Waals surface area contributed by atoms with Gasteiger partial charge in [-0.1, -0.05) is 0 Å². The van der Waals surface area contributed by atoms with E-state index in [1.165, 1.54) is 38.5 Å². The number of carbonyl (C=O) groups excluding carboxylic acids is 1. The predicted octanol–water partition coefficient (Wildman–Crippen LogP) is 1.48. The Morgan fingerprint density at radius 1 is 1.26 bits per heavy atom. The zero-order valence-electron chi connectivity index (χ0n) is 11.0. The van der Waals surface area contributed by atoms with Crippen molar-refractivity contribution in [1.29, 1.82) is 0 Å². The molecule has 0 aromatic carbocycles. The first-order valence-corrected chi connectivity index (χ1v) is 7.25. The third-order valence-electron chi connectivity index (χ3n) is 5.61. The van der Waals surface area contributed by atoms with E-state index in [0.717, 1.165) is 23.3 Å². The molecule has 1 aromatic rings. The number of aromatic nitrogens is 2. The topological polar surface area (TPSA) is 83.8 Å². The number of H-pyrrole nitrogens is 1. The molecular formula is C14H20N4O. The Morgan fingerprint density at radius 3 is 2.37 bits per heavy atom. The molecule has 4 fully saturated rings. The lowest BCUT2D eigenvalue weighted by Gasteiger charge is -2.56. The maximum Gasteiger partial charge on any atom is 0.283 e. The first-order chi connectivity index (χ1) is 9.20. The van der Waals surface area contributed by atoms with Crippen molar-refractivity contribution in [3.63, 3.8) is 0 Å². The molecule has 0 unspecified atom stereocenters. The van der Waals surface area contributed by atoms with Crippen LogP contribution in [0.15, 0.2) is 6.20 Å². The fourth-order valence-electron chi connectivity index (χ4n) is 5.37. The molecule has 1 amide bonds. The number of carbonyl (C=O) groups is 1. The number of rotatable bonds is 2. The van der Waals surface area contributed by atoms with Crippen molar-refractivity contribution in [1.82, 2.24) is 15.6 Å². The lowest BCUT2D eigenvalue weighted by molar-refractivity contribution is -0.00554. The van der Waals surface area contributed by atoms with Crippen molar-refractivity contribution in [2.75, 3.05) is 0 Å². The highest BCUT2D eigenvalue weighted by Gasteiger charge is 2.53. The minimum atomic E-state index is -0.247. The molecule has 4 aliphatic carbocycles. The molecule has 102 valence electrons. The van der Waals surface area contributed by atoms with E-state index in [-0.39, 0.29) is 11.3 Å². The van der Waals surface area contributed by atoms with Crippen LogP contribution in [0.25, 0.3) is 0 Å². The minimum Gasteiger partial charge on any atom is -0.289 e. The molecule has 0 aliphatic heterocycles. The molecule has 19 heavy (non-hydrogen) atoms. The lowest BCUT2D eigenvalue weighted by atomic mass is 9.48. The van der Waals surface area contributed by atoms with Gasteiger partial charge in [-0.15, -0.1) is 0 Å². The maximum absolute atomic E-state index is 11.9. The average molecular weight is 260 g/mol. The van der Waals surface area contributed by atoms with Gasteiger partial charge in [-0.2, -0.15) is 5.10 Å². The van der Waals surface area contributed by atoms with Gasteiger partial charge in [-0.3, -0.25) is 15.3 Å². The summed E-state index contributed by atoms with van der Waals surface area (Å²) in [4.78, 5) is 11.9. The molecular weight excluding hydrogens is 240 g/mol. The molecule has 5 nitrogen and oxygen atoms in total. The van der Waals surface area contributed by atoms with E-state index in [9.17, 15) is 4.79 Å². The van der Waals surface area contributed by atoms with Crippen molar-refractivity contribution < 1.29 is 4.79 Å². The Balaban J connectivity index is 1.76. The number of hydrogen-bond acceptors (Lipinski definition) is 3. The van der Waals surface area contributed by atoms with Gasteiger partial charge in [0, 0.05) is 11.0 Å². The summed E-state index contributed by atoms with van der Waals surface area (Å²) >= 11 is 0. The SMILES string of the molecule is NNC(=O)c1[nH]ncc1C12CC3CC(CC(C3)C1)C2. The Morgan fingerprint density at radius 2 is 1.84 bits per heavy atom. The maximum atomic E-state index is 11.9. The van der Waals surface area contributed by atoms with Crippen LogP contribution in [0.3, 0.4) is 0 Å². The average Bonchev–Trinajstić information content (AvgIpc) is 2.86. The van der Waals surface area contributed by atoms with Gasteiger partial charge in [0.25, 0.3) is 5.91 Å². The molecule has 0 spiro atoms. The van der Waals surface area contributed by atoms with E-state index in [1.54, 1.807) is 0 Å². The van der Waals surface area contributed by atoms with Crippen molar-refractivity contribution in [2.24, 2.45) is 23.6 Å². The first kappa shape index (κ1) is 11.5. The lowest BCUT2D eigenvalue weighted by Crippen LogP contribution is -2.49. The van der Waals surface area contributed by atoms with Crippen LogP contribution in [0.2, 0.25) is 0 Å². The van der Waals surface area contributed by atoms with Crippen LogP contribution in [-0.2, 0) is 5.41 Å². The second-order valence-corrected chi connectivity index (χ2v) is 6.83. The van der Waals surface area contributed by atoms with Crippen LogP contribution in [-0.4, -0.2) is 16.1 Å². The van der Waals surface area contributed by atoms with Crippen LogP contribution < -0.4 is 11.3 Å². The molecule has 0 radical (unpaired) electrons. The van der Waals surface area contributed by atoms with E-state index in [1.807, 2.05) is 6.20 Å². The predicted molar refractivity (Wildman–Crippen MR) is 70.1 cm³/mol. The van der Waals surface area contributed by atoms with E-state index >= 15 is 0 Å². The number of amides is 1. The summed E-state index contributed by atoms with van der Waals surface area (Å²) in [7, 11) is 0. The summed E-state index contributed by atoms with van der Waals surface area (Å²) in [5, 5.41) is 6.95. The Bertz CT molecular complexity index is 486. The van der Waals surface area contributed by atoms with Crippen LogP contribution in [0.5, 0.6) is 0 Å². The van der Waals surface area contributed by atoms with Crippen LogP contribution >= 0.6 is 0 Å². The third kappa shape index (κ3) is 1.57. The first-order valence-electron chi connectivity index (χ1n) is 7.25. The Labute approximate surface area is 112 Å². The highest BCUT2D eigenvalue weighted by Crippen LogP contribution is 2.60. The summed E-state index contributed by atoms with van der Waals surface area (Å²) < 4.78 is 0. The number of nitrogens with one attached hydrogen (secondary N) is 2. The molecule has 4 aliphatic rings. The van der Waals surface area contributed by atoms with E-state index in [0.29, 0.717) is 5.69 Å². The van der Waals surface area contributed by atoms with Gasteiger partial charge in [0.1, 0.15) is 5.69 Å². The van der Waals surface area contributed by atoms with Gasteiger partial charge in [0.2, 0.25) is 0 Å². The largest absolute Gasteiger partial charge is 0.289 e. The summed E-state index contributed by atoms with van der Waals surface area (Å²) in [6, 6.07) is 0. The normalized spacial score (nSPS) is 39.5. The van der Waals surface area contributed by atoms with Crippen LogP contribution in [0.4, 0.5) is 0 Å². The fraction of sp³-hybridized carbons (Fsp3) is 0.714. The molecule has 0 saturated heterocycles. The van der Waals surface area contributed by atoms with Gasteiger partial charge >= 0.3 is 0 Å². The number of nitrogens with zero attached hydrogens (tertiary/aromatic N) is 1. The molecule has 4 N–H and O–H groups in total. The zero-order chi connectivity index (χ0) is 13.0. The molecule has 4 saturated carbocycles. The molecule has 5 rings (SSSR count). The molecule has 4 bridgehead atoms. The number of hydrogen-bond donors (Lipinski definition) is 3. The number of nitrogen functional groups attached to an aromatic ring is 1. The highest BCUT2D eigenvalue weighted by molar-refractivity contribution is 5.93. The van der Waals surface area contributed by atoms with Gasteiger partial charge in [-0.05, 0) is 56.3 Å². The zero-order valence-corrected chi connectivity index (χ0v) is 11.0. The van der Waals surface area contributed by atoms with Gasteiger partial charge in [-0.25, -0.2) is 5.84 Å². The Kier molecular flexibility index (Phi) is 2.31. The molecule has 1 heterocycles. The van der Waals surface area contributed by atoms with E-state index < -0.39 is 0 Å². The number of hydrazine groups is 1. The number of nitrogens with two attached hydrogens (primary N) is 1. The monoisotopic (exact) mass is 260 g/mol.